The molecule has 0 saturated carbocycles. The molecule has 1 aromatic rings. The molecule has 1 saturated heterocycles. The molecule has 3 heteroatoms. The van der Waals surface area contributed by atoms with Crippen LogP contribution in [0.25, 0.3) is 0 Å². The summed E-state index contributed by atoms with van der Waals surface area (Å²) in [5.41, 5.74) is 2.62. The van der Waals surface area contributed by atoms with Crippen LogP contribution in [0.3, 0.4) is 0 Å². The monoisotopic (exact) mass is 272 g/mol. The van der Waals surface area contributed by atoms with E-state index in [2.05, 4.69) is 55.0 Å². The Balaban J connectivity index is 2.01. The van der Waals surface area contributed by atoms with Crippen molar-refractivity contribution in [2.24, 2.45) is 5.92 Å². The second kappa shape index (κ2) is 5.12. The fraction of sp³-hybridized carbons (Fsp3) is 0.588. The van der Waals surface area contributed by atoms with E-state index in [0.29, 0.717) is 17.9 Å². The van der Waals surface area contributed by atoms with Crippen molar-refractivity contribution < 1.29 is 4.79 Å². The van der Waals surface area contributed by atoms with Crippen LogP contribution in [0.4, 0.5) is 5.69 Å². The standard InChI is InChI=1S/C17H24N2O/c1-12(2)15-11-16(19-10-6-9-17(19)20)13-7-4-5-8-14(13)18(15)3/h4-5,7-8,12,15-16H,6,9-11H2,1-3H3. The fourth-order valence-corrected chi connectivity index (χ4v) is 3.80. The molecule has 0 aliphatic carbocycles. The van der Waals surface area contributed by atoms with E-state index in [1.165, 1.54) is 11.3 Å². The molecule has 3 nitrogen and oxygen atoms in total. The second-order valence-electron chi connectivity index (χ2n) is 6.42. The largest absolute Gasteiger partial charge is 0.371 e. The molecule has 0 radical (unpaired) electrons. The number of fused-ring (bicyclic) bond motifs is 1. The molecule has 20 heavy (non-hydrogen) atoms. The maximum Gasteiger partial charge on any atom is 0.223 e. The Morgan fingerprint density at radius 3 is 2.65 bits per heavy atom. The van der Waals surface area contributed by atoms with Gasteiger partial charge >= 0.3 is 0 Å². The van der Waals surface area contributed by atoms with Gasteiger partial charge in [0.1, 0.15) is 0 Å². The van der Waals surface area contributed by atoms with Crippen molar-refractivity contribution in [3.8, 4) is 0 Å². The molecular weight excluding hydrogens is 248 g/mol. The number of carbonyl (C=O) groups excluding carboxylic acids is 1. The quantitative estimate of drug-likeness (QED) is 0.825. The number of hydrogen-bond acceptors (Lipinski definition) is 2. The number of likely N-dealkylation sites (tertiary alicyclic amines) is 1. The molecule has 1 amide bonds. The normalized spacial score (nSPS) is 26.3. The van der Waals surface area contributed by atoms with Crippen LogP contribution in [-0.4, -0.2) is 30.4 Å². The van der Waals surface area contributed by atoms with Crippen molar-refractivity contribution in [2.75, 3.05) is 18.5 Å². The number of rotatable bonds is 2. The lowest BCUT2D eigenvalue weighted by atomic mass is 9.85. The molecule has 2 heterocycles. The van der Waals surface area contributed by atoms with Gasteiger partial charge in [-0.2, -0.15) is 0 Å². The summed E-state index contributed by atoms with van der Waals surface area (Å²) in [6.45, 7) is 5.47. The highest BCUT2D eigenvalue weighted by molar-refractivity contribution is 5.79. The van der Waals surface area contributed by atoms with Gasteiger partial charge < -0.3 is 9.80 Å². The third-order valence-electron chi connectivity index (χ3n) is 4.89. The lowest BCUT2D eigenvalue weighted by Crippen LogP contribution is -2.45. The minimum atomic E-state index is 0.268. The Labute approximate surface area is 121 Å². The van der Waals surface area contributed by atoms with Crippen molar-refractivity contribution in [2.45, 2.75) is 45.2 Å². The molecule has 2 aliphatic rings. The average Bonchev–Trinajstić information content (AvgIpc) is 2.85. The first kappa shape index (κ1) is 13.5. The first-order valence-electron chi connectivity index (χ1n) is 7.71. The molecule has 2 atom stereocenters. The van der Waals surface area contributed by atoms with Gasteiger partial charge in [0.2, 0.25) is 5.91 Å². The zero-order valence-corrected chi connectivity index (χ0v) is 12.7. The van der Waals surface area contributed by atoms with Crippen LogP contribution in [-0.2, 0) is 4.79 Å². The van der Waals surface area contributed by atoms with Crippen LogP contribution >= 0.6 is 0 Å². The van der Waals surface area contributed by atoms with Crippen molar-refractivity contribution in [1.82, 2.24) is 4.90 Å². The molecule has 0 aromatic heterocycles. The van der Waals surface area contributed by atoms with E-state index in [1.807, 2.05) is 0 Å². The SMILES string of the molecule is CC(C)C1CC(N2CCCC2=O)c2ccccc2N1C. The van der Waals surface area contributed by atoms with Crippen molar-refractivity contribution in [3.05, 3.63) is 29.8 Å². The summed E-state index contributed by atoms with van der Waals surface area (Å²) in [5, 5.41) is 0. The number of nitrogens with zero attached hydrogens (tertiary/aromatic N) is 2. The number of anilines is 1. The molecule has 0 N–H and O–H groups in total. The highest BCUT2D eigenvalue weighted by Gasteiger charge is 2.38. The van der Waals surface area contributed by atoms with E-state index in [-0.39, 0.29) is 6.04 Å². The van der Waals surface area contributed by atoms with Crippen LogP contribution in [0.2, 0.25) is 0 Å². The van der Waals surface area contributed by atoms with Crippen LogP contribution in [0.1, 0.15) is 44.7 Å². The Morgan fingerprint density at radius 1 is 1.25 bits per heavy atom. The minimum absolute atomic E-state index is 0.268. The van der Waals surface area contributed by atoms with E-state index >= 15 is 0 Å². The molecule has 1 fully saturated rings. The Bertz CT molecular complexity index is 511. The first-order valence-corrected chi connectivity index (χ1v) is 7.71. The molecule has 0 spiro atoms. The lowest BCUT2D eigenvalue weighted by Gasteiger charge is -2.44. The summed E-state index contributed by atoms with van der Waals surface area (Å²) in [5.74, 6) is 0.922. The fourth-order valence-electron chi connectivity index (χ4n) is 3.80. The predicted molar refractivity (Wildman–Crippen MR) is 81.8 cm³/mol. The molecular formula is C17H24N2O. The first-order chi connectivity index (χ1) is 9.59. The van der Waals surface area contributed by atoms with E-state index in [4.69, 9.17) is 0 Å². The van der Waals surface area contributed by atoms with Gasteiger partial charge in [-0.3, -0.25) is 4.79 Å². The number of para-hydroxylation sites is 1. The maximum atomic E-state index is 12.2. The van der Waals surface area contributed by atoms with Crippen molar-refractivity contribution in [1.29, 1.82) is 0 Å². The topological polar surface area (TPSA) is 23.6 Å². The van der Waals surface area contributed by atoms with Crippen LogP contribution < -0.4 is 4.90 Å². The van der Waals surface area contributed by atoms with Gasteiger partial charge in [0.25, 0.3) is 0 Å². The third-order valence-corrected chi connectivity index (χ3v) is 4.89. The van der Waals surface area contributed by atoms with Crippen LogP contribution in [0.15, 0.2) is 24.3 Å². The van der Waals surface area contributed by atoms with Gasteiger partial charge in [0.15, 0.2) is 0 Å². The summed E-state index contributed by atoms with van der Waals surface area (Å²) in [7, 11) is 2.19. The molecule has 2 unspecified atom stereocenters. The summed E-state index contributed by atoms with van der Waals surface area (Å²) in [4.78, 5) is 16.7. The summed E-state index contributed by atoms with van der Waals surface area (Å²) in [6, 6.07) is 9.35. The number of amides is 1. The highest BCUT2D eigenvalue weighted by atomic mass is 16.2. The molecule has 1 aromatic carbocycles. The molecule has 108 valence electrons. The van der Waals surface area contributed by atoms with Gasteiger partial charge in [-0.1, -0.05) is 32.0 Å². The zero-order valence-electron chi connectivity index (χ0n) is 12.7. The third kappa shape index (κ3) is 2.09. The Morgan fingerprint density at radius 2 is 2.00 bits per heavy atom. The Hall–Kier alpha value is -1.51. The minimum Gasteiger partial charge on any atom is -0.371 e. The van der Waals surface area contributed by atoms with Crippen LogP contribution in [0, 0.1) is 5.92 Å². The predicted octanol–water partition coefficient (Wildman–Crippen LogP) is 3.21. The molecule has 0 bridgehead atoms. The van der Waals surface area contributed by atoms with Gasteiger partial charge in [-0.15, -0.1) is 0 Å². The number of benzene rings is 1. The molecule has 3 rings (SSSR count). The van der Waals surface area contributed by atoms with Gasteiger partial charge in [0.05, 0.1) is 6.04 Å². The van der Waals surface area contributed by atoms with E-state index in [1.54, 1.807) is 0 Å². The summed E-state index contributed by atoms with van der Waals surface area (Å²) < 4.78 is 0. The van der Waals surface area contributed by atoms with E-state index in [9.17, 15) is 4.79 Å². The summed E-state index contributed by atoms with van der Waals surface area (Å²) >= 11 is 0. The lowest BCUT2D eigenvalue weighted by molar-refractivity contribution is -0.130. The van der Waals surface area contributed by atoms with E-state index in [0.717, 1.165) is 25.8 Å². The van der Waals surface area contributed by atoms with Gasteiger partial charge in [-0.05, 0) is 30.4 Å². The van der Waals surface area contributed by atoms with Gasteiger partial charge in [-0.25, -0.2) is 0 Å². The maximum absolute atomic E-state index is 12.2. The average molecular weight is 272 g/mol. The number of hydrogen-bond donors (Lipinski definition) is 0. The zero-order chi connectivity index (χ0) is 14.3. The second-order valence-corrected chi connectivity index (χ2v) is 6.42. The number of carbonyl (C=O) groups is 1. The van der Waals surface area contributed by atoms with Crippen molar-refractivity contribution in [3.63, 3.8) is 0 Å². The smallest absolute Gasteiger partial charge is 0.223 e. The molecule has 2 aliphatic heterocycles. The van der Waals surface area contributed by atoms with E-state index < -0.39 is 0 Å². The highest BCUT2D eigenvalue weighted by Crippen LogP contribution is 2.42. The van der Waals surface area contributed by atoms with Gasteiger partial charge in [0, 0.05) is 31.7 Å². The summed E-state index contributed by atoms with van der Waals surface area (Å²) in [6.07, 6.45) is 2.79. The van der Waals surface area contributed by atoms with Crippen molar-refractivity contribution >= 4 is 11.6 Å². The van der Waals surface area contributed by atoms with Crippen LogP contribution in [0.5, 0.6) is 0 Å². The Kier molecular flexibility index (Phi) is 3.45.